The highest BCUT2D eigenvalue weighted by Crippen LogP contribution is 2.15. The Morgan fingerprint density at radius 2 is 1.64 bits per heavy atom. The molecule has 2 aromatic rings. The Hall–Kier alpha value is -2.66. The highest BCUT2D eigenvalue weighted by molar-refractivity contribution is 5.99. The zero-order chi connectivity index (χ0) is 20.1. The molecule has 0 atom stereocenters. The molecule has 148 valence electrons. The number of nitrogens with zero attached hydrogens (tertiary/aromatic N) is 2. The molecule has 0 aromatic heterocycles. The highest BCUT2D eigenvalue weighted by atomic mass is 16.5. The Morgan fingerprint density at radius 3 is 2.29 bits per heavy atom. The van der Waals surface area contributed by atoms with Crippen LogP contribution in [-0.4, -0.2) is 61.3 Å². The Morgan fingerprint density at radius 1 is 0.964 bits per heavy atom. The number of aryl methyl sites for hydroxylation is 2. The summed E-state index contributed by atoms with van der Waals surface area (Å²) in [7, 11) is 1.63. The standard InChI is InChI=1S/C23H28N2O3/c1-17-4-5-18(2)21(14-17)22(26)16-24-10-12-25(13-11-24)23(27)15-19-6-8-20(28-3)9-7-19/h4-9,14H,10-13,15-16H2,1-3H3. The lowest BCUT2D eigenvalue weighted by molar-refractivity contribution is -0.132. The number of carbonyl (C=O) groups is 2. The molecule has 5 nitrogen and oxygen atoms in total. The fourth-order valence-corrected chi connectivity index (χ4v) is 3.51. The third-order valence-corrected chi connectivity index (χ3v) is 5.30. The number of hydrogen-bond acceptors (Lipinski definition) is 4. The molecule has 0 saturated carbocycles. The van der Waals surface area contributed by atoms with Crippen molar-refractivity contribution in [3.8, 4) is 5.75 Å². The van der Waals surface area contributed by atoms with Crippen molar-refractivity contribution >= 4 is 11.7 Å². The second-order valence-corrected chi connectivity index (χ2v) is 7.42. The second kappa shape index (κ2) is 9.02. The van der Waals surface area contributed by atoms with Crippen LogP contribution in [0, 0.1) is 13.8 Å². The van der Waals surface area contributed by atoms with Crippen LogP contribution in [-0.2, 0) is 11.2 Å². The molecular formula is C23H28N2O3. The highest BCUT2D eigenvalue weighted by Gasteiger charge is 2.23. The molecular weight excluding hydrogens is 352 g/mol. The summed E-state index contributed by atoms with van der Waals surface area (Å²) in [6.45, 7) is 7.16. The molecule has 0 aliphatic carbocycles. The number of amides is 1. The monoisotopic (exact) mass is 380 g/mol. The van der Waals surface area contributed by atoms with Crippen LogP contribution in [0.25, 0.3) is 0 Å². The quantitative estimate of drug-likeness (QED) is 0.723. The van der Waals surface area contributed by atoms with Crippen molar-refractivity contribution in [1.29, 1.82) is 0 Å². The van der Waals surface area contributed by atoms with E-state index in [0.717, 1.165) is 41.1 Å². The van der Waals surface area contributed by atoms with E-state index in [4.69, 9.17) is 4.74 Å². The van der Waals surface area contributed by atoms with Crippen LogP contribution in [0.4, 0.5) is 0 Å². The Kier molecular flexibility index (Phi) is 6.47. The van der Waals surface area contributed by atoms with Crippen molar-refractivity contribution in [3.05, 3.63) is 64.7 Å². The van der Waals surface area contributed by atoms with E-state index in [1.807, 2.05) is 61.2 Å². The Balaban J connectivity index is 1.50. The zero-order valence-electron chi connectivity index (χ0n) is 16.9. The van der Waals surface area contributed by atoms with Crippen molar-refractivity contribution in [2.45, 2.75) is 20.3 Å². The molecule has 1 aliphatic heterocycles. The van der Waals surface area contributed by atoms with Crippen LogP contribution in [0.1, 0.15) is 27.0 Å². The van der Waals surface area contributed by atoms with Gasteiger partial charge in [0.2, 0.25) is 5.91 Å². The van der Waals surface area contributed by atoms with Gasteiger partial charge in [-0.15, -0.1) is 0 Å². The molecule has 0 N–H and O–H groups in total. The first-order chi connectivity index (χ1) is 13.5. The van der Waals surface area contributed by atoms with Gasteiger partial charge in [-0.05, 0) is 43.2 Å². The molecule has 0 unspecified atom stereocenters. The molecule has 28 heavy (non-hydrogen) atoms. The molecule has 1 amide bonds. The first-order valence-electron chi connectivity index (χ1n) is 9.70. The molecule has 1 heterocycles. The van der Waals surface area contributed by atoms with Gasteiger partial charge in [0.15, 0.2) is 5.78 Å². The van der Waals surface area contributed by atoms with Crippen molar-refractivity contribution in [2.24, 2.45) is 0 Å². The number of benzene rings is 2. The molecule has 1 aliphatic rings. The van der Waals surface area contributed by atoms with Gasteiger partial charge in [-0.1, -0.05) is 29.8 Å². The normalized spacial score (nSPS) is 14.8. The summed E-state index contributed by atoms with van der Waals surface area (Å²) in [4.78, 5) is 29.3. The lowest BCUT2D eigenvalue weighted by Crippen LogP contribution is -2.50. The Labute approximate surface area is 166 Å². The van der Waals surface area contributed by atoms with Crippen LogP contribution in [0.3, 0.4) is 0 Å². The third kappa shape index (κ3) is 4.98. The topological polar surface area (TPSA) is 49.9 Å². The number of ketones is 1. The number of carbonyl (C=O) groups excluding carboxylic acids is 2. The van der Waals surface area contributed by atoms with E-state index in [0.29, 0.717) is 26.1 Å². The summed E-state index contributed by atoms with van der Waals surface area (Å²) in [5.74, 6) is 1.07. The summed E-state index contributed by atoms with van der Waals surface area (Å²) in [6, 6.07) is 13.6. The molecule has 1 saturated heterocycles. The second-order valence-electron chi connectivity index (χ2n) is 7.42. The minimum Gasteiger partial charge on any atom is -0.497 e. The molecule has 0 spiro atoms. The maximum atomic E-state index is 12.7. The van der Waals surface area contributed by atoms with Gasteiger partial charge in [-0.25, -0.2) is 0 Å². The summed E-state index contributed by atoms with van der Waals surface area (Å²) in [5, 5.41) is 0. The van der Waals surface area contributed by atoms with Crippen molar-refractivity contribution in [2.75, 3.05) is 39.8 Å². The van der Waals surface area contributed by atoms with E-state index in [1.165, 1.54) is 0 Å². The maximum Gasteiger partial charge on any atom is 0.227 e. The van der Waals surface area contributed by atoms with Gasteiger partial charge >= 0.3 is 0 Å². The van der Waals surface area contributed by atoms with Crippen molar-refractivity contribution in [3.63, 3.8) is 0 Å². The van der Waals surface area contributed by atoms with E-state index in [-0.39, 0.29) is 11.7 Å². The van der Waals surface area contributed by atoms with E-state index in [9.17, 15) is 9.59 Å². The minimum atomic E-state index is 0.130. The van der Waals surface area contributed by atoms with Gasteiger partial charge in [0, 0.05) is 31.7 Å². The largest absolute Gasteiger partial charge is 0.497 e. The van der Waals surface area contributed by atoms with Gasteiger partial charge in [0.25, 0.3) is 0 Å². The predicted molar refractivity (Wildman–Crippen MR) is 110 cm³/mol. The first kappa shape index (κ1) is 20.1. The number of ether oxygens (including phenoxy) is 1. The van der Waals surface area contributed by atoms with Crippen LogP contribution in [0.5, 0.6) is 5.75 Å². The summed E-state index contributed by atoms with van der Waals surface area (Å²) < 4.78 is 5.15. The smallest absolute Gasteiger partial charge is 0.227 e. The lowest BCUT2D eigenvalue weighted by atomic mass is 10.0. The molecule has 0 bridgehead atoms. The summed E-state index contributed by atoms with van der Waals surface area (Å²) in [5.41, 5.74) is 3.91. The number of hydrogen-bond donors (Lipinski definition) is 0. The molecule has 3 rings (SSSR count). The predicted octanol–water partition coefficient (Wildman–Crippen LogP) is 2.88. The minimum absolute atomic E-state index is 0.130. The average Bonchev–Trinajstić information content (AvgIpc) is 2.70. The zero-order valence-corrected chi connectivity index (χ0v) is 16.9. The third-order valence-electron chi connectivity index (χ3n) is 5.30. The SMILES string of the molecule is COc1ccc(CC(=O)N2CCN(CC(=O)c3cc(C)ccc3C)CC2)cc1. The molecule has 0 radical (unpaired) electrons. The lowest BCUT2D eigenvalue weighted by Gasteiger charge is -2.34. The number of rotatable bonds is 6. The van der Waals surface area contributed by atoms with E-state index in [1.54, 1.807) is 7.11 Å². The van der Waals surface area contributed by atoms with Gasteiger partial charge in [-0.3, -0.25) is 14.5 Å². The van der Waals surface area contributed by atoms with E-state index in [2.05, 4.69) is 4.90 Å². The van der Waals surface area contributed by atoms with Gasteiger partial charge in [0.05, 0.1) is 20.1 Å². The first-order valence-corrected chi connectivity index (χ1v) is 9.70. The fourth-order valence-electron chi connectivity index (χ4n) is 3.51. The fraction of sp³-hybridized carbons (Fsp3) is 0.391. The maximum absolute atomic E-state index is 12.7. The van der Waals surface area contributed by atoms with Crippen LogP contribution < -0.4 is 4.74 Å². The van der Waals surface area contributed by atoms with Gasteiger partial charge in [0.1, 0.15) is 5.75 Å². The Bertz CT molecular complexity index is 837. The van der Waals surface area contributed by atoms with Crippen LogP contribution >= 0.6 is 0 Å². The van der Waals surface area contributed by atoms with Crippen molar-refractivity contribution < 1.29 is 14.3 Å². The summed E-state index contributed by atoms with van der Waals surface area (Å²) in [6.07, 6.45) is 0.394. The summed E-state index contributed by atoms with van der Waals surface area (Å²) >= 11 is 0. The van der Waals surface area contributed by atoms with Crippen LogP contribution in [0.15, 0.2) is 42.5 Å². The average molecular weight is 380 g/mol. The van der Waals surface area contributed by atoms with Crippen molar-refractivity contribution in [1.82, 2.24) is 9.80 Å². The van der Waals surface area contributed by atoms with Gasteiger partial charge < -0.3 is 9.64 Å². The number of methoxy groups -OCH3 is 1. The molecule has 2 aromatic carbocycles. The van der Waals surface area contributed by atoms with Crippen LogP contribution in [0.2, 0.25) is 0 Å². The number of Topliss-reactive ketones (excluding diaryl/α,β-unsaturated/α-hetero) is 1. The molecule has 1 fully saturated rings. The number of piperazine rings is 1. The van der Waals surface area contributed by atoms with E-state index >= 15 is 0 Å². The van der Waals surface area contributed by atoms with Gasteiger partial charge in [-0.2, -0.15) is 0 Å². The van der Waals surface area contributed by atoms with E-state index < -0.39 is 0 Å². The molecule has 5 heteroatoms.